The van der Waals surface area contributed by atoms with Crippen molar-refractivity contribution in [2.75, 3.05) is 25.1 Å². The molecule has 0 heterocycles. The lowest BCUT2D eigenvalue weighted by molar-refractivity contribution is -0.116. The Morgan fingerprint density at radius 1 is 1.07 bits per heavy atom. The Morgan fingerprint density at radius 3 is 2.30 bits per heavy atom. The molecule has 0 unspecified atom stereocenters. The Bertz CT molecular complexity index is 939. The van der Waals surface area contributed by atoms with Crippen molar-refractivity contribution < 1.29 is 17.9 Å². The highest BCUT2D eigenvalue weighted by atomic mass is 32.2. The van der Waals surface area contributed by atoms with Crippen molar-refractivity contribution in [2.45, 2.75) is 32.6 Å². The van der Waals surface area contributed by atoms with Gasteiger partial charge in [-0.05, 0) is 50.1 Å². The van der Waals surface area contributed by atoms with Gasteiger partial charge in [-0.1, -0.05) is 23.8 Å². The van der Waals surface area contributed by atoms with Crippen molar-refractivity contribution in [3.05, 3.63) is 53.1 Å². The van der Waals surface area contributed by atoms with Crippen LogP contribution in [0, 0.1) is 20.8 Å². The van der Waals surface area contributed by atoms with Crippen LogP contribution < -0.4 is 14.4 Å². The first-order chi connectivity index (χ1) is 12.7. The molecule has 0 aliphatic rings. The fraction of sp³-hybridized carbons (Fsp3) is 0.350. The van der Waals surface area contributed by atoms with Crippen LogP contribution in [0.5, 0.6) is 5.75 Å². The number of rotatable bonds is 7. The van der Waals surface area contributed by atoms with E-state index in [2.05, 4.69) is 4.72 Å². The number of anilines is 1. The van der Waals surface area contributed by atoms with E-state index in [4.69, 9.17) is 4.74 Å². The molecule has 146 valence electrons. The number of hydrogen-bond donors (Lipinski definition) is 1. The SMILES string of the molecule is COc1ccc(C)cc1N(CCNS(=O)(=O)c1ccc(C)cc1C)C(C)=O. The third kappa shape index (κ3) is 5.08. The Kier molecular flexibility index (Phi) is 6.62. The van der Waals surface area contributed by atoms with Gasteiger partial charge < -0.3 is 9.64 Å². The molecule has 0 bridgehead atoms. The molecule has 0 aliphatic carbocycles. The van der Waals surface area contributed by atoms with Crippen molar-refractivity contribution in [1.29, 1.82) is 0 Å². The zero-order valence-corrected chi connectivity index (χ0v) is 17.2. The molecule has 0 radical (unpaired) electrons. The van der Waals surface area contributed by atoms with E-state index in [-0.39, 0.29) is 23.9 Å². The summed E-state index contributed by atoms with van der Waals surface area (Å²) in [6, 6.07) is 10.7. The predicted octanol–water partition coefficient (Wildman–Crippen LogP) is 2.95. The van der Waals surface area contributed by atoms with Crippen LogP contribution in [0.4, 0.5) is 5.69 Å². The lowest BCUT2D eigenvalue weighted by Gasteiger charge is -2.24. The van der Waals surface area contributed by atoms with Gasteiger partial charge in [0.1, 0.15) is 5.75 Å². The Hall–Kier alpha value is -2.38. The number of carbonyl (C=O) groups excluding carboxylic acids is 1. The van der Waals surface area contributed by atoms with Gasteiger partial charge in [0.2, 0.25) is 15.9 Å². The summed E-state index contributed by atoms with van der Waals surface area (Å²) < 4.78 is 33.1. The largest absolute Gasteiger partial charge is 0.495 e. The van der Waals surface area contributed by atoms with Crippen molar-refractivity contribution in [3.63, 3.8) is 0 Å². The molecule has 0 atom stereocenters. The van der Waals surface area contributed by atoms with Gasteiger partial charge in [-0.15, -0.1) is 0 Å². The molecular weight excluding hydrogens is 364 g/mol. The van der Waals surface area contributed by atoms with E-state index in [1.807, 2.05) is 32.0 Å². The Morgan fingerprint density at radius 2 is 1.70 bits per heavy atom. The third-order valence-electron chi connectivity index (χ3n) is 4.25. The fourth-order valence-electron chi connectivity index (χ4n) is 2.93. The maximum absolute atomic E-state index is 12.6. The molecule has 2 aromatic rings. The van der Waals surface area contributed by atoms with E-state index in [1.54, 1.807) is 25.1 Å². The highest BCUT2D eigenvalue weighted by Crippen LogP contribution is 2.29. The number of hydrogen-bond acceptors (Lipinski definition) is 4. The van der Waals surface area contributed by atoms with Gasteiger partial charge in [0.15, 0.2) is 0 Å². The molecule has 0 aliphatic heterocycles. The van der Waals surface area contributed by atoms with Gasteiger partial charge >= 0.3 is 0 Å². The van der Waals surface area contributed by atoms with Crippen molar-refractivity contribution in [1.82, 2.24) is 4.72 Å². The summed E-state index contributed by atoms with van der Waals surface area (Å²) in [4.78, 5) is 13.9. The normalized spacial score (nSPS) is 11.3. The van der Waals surface area contributed by atoms with Crippen molar-refractivity contribution >= 4 is 21.6 Å². The zero-order chi connectivity index (χ0) is 20.2. The number of aryl methyl sites for hydroxylation is 3. The van der Waals surface area contributed by atoms with E-state index < -0.39 is 10.0 Å². The standard InChI is InChI=1S/C20H26N2O4S/c1-14-7-9-20(16(3)12-14)27(24,25)21-10-11-22(17(4)23)18-13-15(2)6-8-19(18)26-5/h6-9,12-13,21H,10-11H2,1-5H3. The second kappa shape index (κ2) is 8.54. The maximum Gasteiger partial charge on any atom is 0.240 e. The monoisotopic (exact) mass is 390 g/mol. The molecule has 27 heavy (non-hydrogen) atoms. The molecule has 0 aromatic heterocycles. The minimum Gasteiger partial charge on any atom is -0.495 e. The lowest BCUT2D eigenvalue weighted by Crippen LogP contribution is -2.38. The number of benzene rings is 2. The first kappa shape index (κ1) is 20.9. The number of methoxy groups -OCH3 is 1. The molecule has 1 amide bonds. The van der Waals surface area contributed by atoms with E-state index in [1.165, 1.54) is 18.9 Å². The van der Waals surface area contributed by atoms with Gasteiger partial charge in [0.05, 0.1) is 17.7 Å². The van der Waals surface area contributed by atoms with Crippen LogP contribution in [0.25, 0.3) is 0 Å². The van der Waals surface area contributed by atoms with E-state index in [0.29, 0.717) is 17.0 Å². The van der Waals surface area contributed by atoms with Crippen molar-refractivity contribution in [3.8, 4) is 5.75 Å². The molecule has 6 nitrogen and oxygen atoms in total. The van der Waals surface area contributed by atoms with Crippen molar-refractivity contribution in [2.24, 2.45) is 0 Å². The number of nitrogens with zero attached hydrogens (tertiary/aromatic N) is 1. The van der Waals surface area contributed by atoms with Crippen LogP contribution in [0.3, 0.4) is 0 Å². The number of amides is 1. The van der Waals surface area contributed by atoms with Gasteiger partial charge in [0, 0.05) is 20.0 Å². The number of carbonyl (C=O) groups is 1. The third-order valence-corrected chi connectivity index (χ3v) is 5.87. The molecule has 0 saturated carbocycles. The van der Waals surface area contributed by atoms with Crippen LogP contribution >= 0.6 is 0 Å². The van der Waals surface area contributed by atoms with Crippen LogP contribution in [0.15, 0.2) is 41.3 Å². The molecule has 1 N–H and O–H groups in total. The summed E-state index contributed by atoms with van der Waals surface area (Å²) in [5.41, 5.74) is 3.29. The van der Waals surface area contributed by atoms with Gasteiger partial charge in [-0.3, -0.25) is 4.79 Å². The summed E-state index contributed by atoms with van der Waals surface area (Å²) in [5, 5.41) is 0. The predicted molar refractivity (Wildman–Crippen MR) is 107 cm³/mol. The molecular formula is C20H26N2O4S. The molecule has 7 heteroatoms. The number of ether oxygens (including phenoxy) is 1. The minimum atomic E-state index is -3.65. The molecule has 0 spiro atoms. The topological polar surface area (TPSA) is 75.7 Å². The van der Waals surface area contributed by atoms with Crippen LogP contribution in [-0.4, -0.2) is 34.5 Å². The smallest absolute Gasteiger partial charge is 0.240 e. The van der Waals surface area contributed by atoms with Crippen LogP contribution in [0.2, 0.25) is 0 Å². The fourth-order valence-corrected chi connectivity index (χ4v) is 4.17. The summed E-state index contributed by atoms with van der Waals surface area (Å²) in [5.74, 6) is 0.373. The first-order valence-electron chi connectivity index (χ1n) is 8.65. The first-order valence-corrected chi connectivity index (χ1v) is 10.1. The van der Waals surface area contributed by atoms with Gasteiger partial charge in [-0.25, -0.2) is 13.1 Å². The molecule has 0 fully saturated rings. The zero-order valence-electron chi connectivity index (χ0n) is 16.4. The van der Waals surface area contributed by atoms with Gasteiger partial charge in [0.25, 0.3) is 0 Å². The summed E-state index contributed by atoms with van der Waals surface area (Å²) >= 11 is 0. The number of sulfonamides is 1. The lowest BCUT2D eigenvalue weighted by atomic mass is 10.2. The summed E-state index contributed by atoms with van der Waals surface area (Å²) in [6.07, 6.45) is 0. The van der Waals surface area contributed by atoms with E-state index in [9.17, 15) is 13.2 Å². The highest BCUT2D eigenvalue weighted by molar-refractivity contribution is 7.89. The Labute approximate surface area is 161 Å². The van der Waals surface area contributed by atoms with Crippen LogP contribution in [0.1, 0.15) is 23.6 Å². The Balaban J connectivity index is 2.18. The molecule has 0 saturated heterocycles. The van der Waals surface area contributed by atoms with Gasteiger partial charge in [-0.2, -0.15) is 0 Å². The minimum absolute atomic E-state index is 0.0896. The summed E-state index contributed by atoms with van der Waals surface area (Å²) in [6.45, 7) is 7.33. The van der Waals surface area contributed by atoms with E-state index >= 15 is 0 Å². The molecule has 2 rings (SSSR count). The quantitative estimate of drug-likeness (QED) is 0.789. The van der Waals surface area contributed by atoms with Crippen LogP contribution in [-0.2, 0) is 14.8 Å². The maximum atomic E-state index is 12.6. The van der Waals surface area contributed by atoms with E-state index in [0.717, 1.165) is 11.1 Å². The average Bonchev–Trinajstić information content (AvgIpc) is 2.58. The number of nitrogens with one attached hydrogen (secondary N) is 1. The summed E-state index contributed by atoms with van der Waals surface area (Å²) in [7, 11) is -2.12. The average molecular weight is 391 g/mol. The highest BCUT2D eigenvalue weighted by Gasteiger charge is 2.20. The molecule has 2 aromatic carbocycles. The second-order valence-electron chi connectivity index (χ2n) is 6.51. The second-order valence-corrected chi connectivity index (χ2v) is 8.25.